The van der Waals surface area contributed by atoms with Gasteiger partial charge < -0.3 is 13.6 Å². The minimum atomic E-state index is -2.14. The molecule has 0 spiro atoms. The number of hydrogen-bond donors (Lipinski definition) is 0. The predicted molar refractivity (Wildman–Crippen MR) is 63.2 cm³/mol. The molecular weight excluding hydrogens is 208 g/mol. The average molecular weight is 232 g/mol. The summed E-state index contributed by atoms with van der Waals surface area (Å²) in [6.07, 6.45) is 0.440. The molecule has 1 aliphatic rings. The molecule has 1 saturated heterocycles. The third kappa shape index (κ3) is 2.81. The van der Waals surface area contributed by atoms with E-state index in [0.717, 1.165) is 13.2 Å². The van der Waals surface area contributed by atoms with Crippen LogP contribution in [-0.4, -0.2) is 34.0 Å². The summed E-state index contributed by atoms with van der Waals surface area (Å²) in [6.45, 7) is 14.2. The van der Waals surface area contributed by atoms with E-state index in [2.05, 4.69) is 41.2 Å². The Morgan fingerprint density at radius 1 is 1.07 bits per heavy atom. The maximum absolute atomic E-state index is 6.09. The molecule has 0 atom stereocenters. The lowest BCUT2D eigenvalue weighted by Crippen LogP contribution is -2.60. The van der Waals surface area contributed by atoms with Gasteiger partial charge in [-0.15, -0.1) is 0 Å². The first-order valence-electron chi connectivity index (χ1n) is 5.72. The minimum Gasteiger partial charge on any atom is -0.391 e. The molecule has 0 aromatic heterocycles. The van der Waals surface area contributed by atoms with Crippen molar-refractivity contribution in [2.75, 3.05) is 13.2 Å². The van der Waals surface area contributed by atoms with Gasteiger partial charge in [-0.3, -0.25) is 0 Å². The van der Waals surface area contributed by atoms with Gasteiger partial charge in [-0.2, -0.15) is 0 Å². The molecule has 1 aliphatic heterocycles. The lowest BCUT2D eigenvalue weighted by Gasteiger charge is -2.49. The molecule has 1 heterocycles. The monoisotopic (exact) mass is 232 g/mol. The Balaban J connectivity index is 2.75. The highest BCUT2D eigenvalue weighted by molar-refractivity contribution is 6.69. The highest BCUT2D eigenvalue weighted by atomic mass is 28.4. The van der Waals surface area contributed by atoms with Crippen LogP contribution < -0.4 is 0 Å². The Hall–Kier alpha value is 0.0969. The summed E-state index contributed by atoms with van der Waals surface area (Å²) >= 11 is 0. The lowest BCUT2D eigenvalue weighted by molar-refractivity contribution is -0.0498. The van der Waals surface area contributed by atoms with Crippen LogP contribution in [0.5, 0.6) is 0 Å². The number of rotatable bonds is 5. The molecule has 0 radical (unpaired) electrons. The highest BCUT2D eigenvalue weighted by Gasteiger charge is 2.56. The van der Waals surface area contributed by atoms with Crippen molar-refractivity contribution in [3.05, 3.63) is 0 Å². The van der Waals surface area contributed by atoms with Crippen LogP contribution >= 0.6 is 0 Å². The smallest absolute Gasteiger partial charge is 0.346 e. The Bertz CT molecular complexity index is 202. The van der Waals surface area contributed by atoms with Crippen LogP contribution in [0, 0.1) is 0 Å². The summed E-state index contributed by atoms with van der Waals surface area (Å²) in [5, 5.41) is 0.113. The molecule has 0 saturated carbocycles. The first-order chi connectivity index (χ1) is 6.79. The fourth-order valence-corrected chi connectivity index (χ4v) is 5.03. The fourth-order valence-electron chi connectivity index (χ4n) is 1.88. The van der Waals surface area contributed by atoms with Crippen molar-refractivity contribution in [2.24, 2.45) is 0 Å². The Kier molecular flexibility index (Phi) is 3.98. The van der Waals surface area contributed by atoms with Gasteiger partial charge >= 0.3 is 8.56 Å². The van der Waals surface area contributed by atoms with Gasteiger partial charge in [0.25, 0.3) is 0 Å². The quantitative estimate of drug-likeness (QED) is 0.682. The van der Waals surface area contributed by atoms with E-state index in [1.54, 1.807) is 0 Å². The van der Waals surface area contributed by atoms with Gasteiger partial charge in [-0.1, -0.05) is 6.92 Å². The number of ether oxygens (including phenoxy) is 1. The van der Waals surface area contributed by atoms with Crippen LogP contribution in [0.2, 0.25) is 11.6 Å². The van der Waals surface area contributed by atoms with Gasteiger partial charge in [-0.25, -0.2) is 0 Å². The SMILES string of the molecule is CC(C)O[Si](C)(OC(C)C)C1(C)COC1. The second-order valence-corrected chi connectivity index (χ2v) is 8.90. The summed E-state index contributed by atoms with van der Waals surface area (Å²) in [5.41, 5.74) is 0. The molecule has 0 N–H and O–H groups in total. The van der Waals surface area contributed by atoms with Crippen LogP contribution in [0.1, 0.15) is 34.6 Å². The summed E-state index contributed by atoms with van der Waals surface area (Å²) in [6, 6.07) is 0. The van der Waals surface area contributed by atoms with Crippen LogP contribution in [0.25, 0.3) is 0 Å². The zero-order valence-electron chi connectivity index (χ0n) is 10.8. The topological polar surface area (TPSA) is 27.7 Å². The van der Waals surface area contributed by atoms with Crippen LogP contribution in [-0.2, 0) is 13.6 Å². The van der Waals surface area contributed by atoms with E-state index in [4.69, 9.17) is 13.6 Å². The van der Waals surface area contributed by atoms with Crippen molar-refractivity contribution in [1.82, 2.24) is 0 Å². The van der Waals surface area contributed by atoms with E-state index >= 15 is 0 Å². The molecule has 0 aromatic rings. The molecule has 0 unspecified atom stereocenters. The van der Waals surface area contributed by atoms with E-state index in [1.807, 2.05) is 0 Å². The van der Waals surface area contributed by atoms with Crippen molar-refractivity contribution >= 4 is 8.56 Å². The summed E-state index contributed by atoms with van der Waals surface area (Å²) < 4.78 is 17.5. The zero-order chi connectivity index (χ0) is 11.7. The van der Waals surface area contributed by atoms with E-state index in [0.29, 0.717) is 0 Å². The first-order valence-corrected chi connectivity index (χ1v) is 8.04. The third-order valence-corrected chi connectivity index (χ3v) is 7.18. The summed E-state index contributed by atoms with van der Waals surface area (Å²) in [7, 11) is -2.14. The van der Waals surface area contributed by atoms with Gasteiger partial charge in [0.15, 0.2) is 0 Å². The van der Waals surface area contributed by atoms with E-state index in [1.165, 1.54) is 0 Å². The predicted octanol–water partition coefficient (Wildman–Crippen LogP) is 2.70. The maximum Gasteiger partial charge on any atom is 0.346 e. The summed E-state index contributed by atoms with van der Waals surface area (Å²) in [4.78, 5) is 0. The van der Waals surface area contributed by atoms with Gasteiger partial charge in [-0.05, 0) is 34.2 Å². The Morgan fingerprint density at radius 3 is 1.67 bits per heavy atom. The average Bonchev–Trinajstić information content (AvgIpc) is 1.96. The van der Waals surface area contributed by atoms with Gasteiger partial charge in [0.2, 0.25) is 0 Å². The molecule has 0 amide bonds. The molecule has 15 heavy (non-hydrogen) atoms. The standard InChI is InChI=1S/C11H24O3Si/c1-9(2)13-15(6,14-10(3)4)11(5)7-12-8-11/h9-10H,7-8H2,1-6H3. The van der Waals surface area contributed by atoms with Crippen LogP contribution in [0.15, 0.2) is 0 Å². The van der Waals surface area contributed by atoms with Crippen molar-refractivity contribution < 1.29 is 13.6 Å². The molecule has 3 nitrogen and oxygen atoms in total. The molecule has 0 bridgehead atoms. The second kappa shape index (κ2) is 4.53. The Morgan fingerprint density at radius 2 is 1.47 bits per heavy atom. The lowest BCUT2D eigenvalue weighted by atomic mass is 10.1. The Labute approximate surface area is 94.4 Å². The normalized spacial score (nSPS) is 20.8. The molecular formula is C11H24O3Si. The first kappa shape index (κ1) is 13.2. The molecule has 0 aromatic carbocycles. The van der Waals surface area contributed by atoms with Gasteiger partial charge in [0.05, 0.1) is 18.3 Å². The van der Waals surface area contributed by atoms with Crippen molar-refractivity contribution in [3.8, 4) is 0 Å². The molecule has 0 aliphatic carbocycles. The van der Waals surface area contributed by atoms with Crippen LogP contribution in [0.3, 0.4) is 0 Å². The van der Waals surface area contributed by atoms with Crippen molar-refractivity contribution in [3.63, 3.8) is 0 Å². The van der Waals surface area contributed by atoms with Crippen molar-refractivity contribution in [2.45, 2.75) is 58.4 Å². The minimum absolute atomic E-state index is 0.113. The third-order valence-electron chi connectivity index (χ3n) is 2.86. The van der Waals surface area contributed by atoms with E-state index in [-0.39, 0.29) is 17.2 Å². The van der Waals surface area contributed by atoms with E-state index < -0.39 is 8.56 Å². The van der Waals surface area contributed by atoms with Crippen molar-refractivity contribution in [1.29, 1.82) is 0 Å². The second-order valence-electron chi connectivity index (χ2n) is 5.33. The van der Waals surface area contributed by atoms with Gasteiger partial charge in [0, 0.05) is 12.2 Å². The molecule has 4 heteroatoms. The highest BCUT2D eigenvalue weighted by Crippen LogP contribution is 2.46. The van der Waals surface area contributed by atoms with Gasteiger partial charge in [0.1, 0.15) is 0 Å². The molecule has 1 rings (SSSR count). The largest absolute Gasteiger partial charge is 0.391 e. The fraction of sp³-hybridized carbons (Fsp3) is 1.00. The zero-order valence-corrected chi connectivity index (χ0v) is 11.8. The van der Waals surface area contributed by atoms with Crippen LogP contribution in [0.4, 0.5) is 0 Å². The number of hydrogen-bond acceptors (Lipinski definition) is 3. The maximum atomic E-state index is 6.09. The molecule has 1 fully saturated rings. The van der Waals surface area contributed by atoms with E-state index in [9.17, 15) is 0 Å². The summed E-state index contributed by atoms with van der Waals surface area (Å²) in [5.74, 6) is 0. The molecule has 90 valence electrons.